The third-order valence-electron chi connectivity index (χ3n) is 4.42. The Morgan fingerprint density at radius 2 is 1.86 bits per heavy atom. The van der Waals surface area contributed by atoms with Gasteiger partial charge in [0.15, 0.2) is 0 Å². The van der Waals surface area contributed by atoms with E-state index in [1.54, 1.807) is 0 Å². The molecule has 1 saturated carbocycles. The Morgan fingerprint density at radius 1 is 1.19 bits per heavy atom. The van der Waals surface area contributed by atoms with Crippen molar-refractivity contribution in [3.05, 3.63) is 29.8 Å². The van der Waals surface area contributed by atoms with E-state index in [1.807, 2.05) is 0 Å². The molecule has 0 spiro atoms. The van der Waals surface area contributed by atoms with Gasteiger partial charge in [0.2, 0.25) is 0 Å². The molecule has 0 radical (unpaired) electrons. The SMILES string of the molecule is CC(C)COc1ccc(C(C)NC2CCC(C)(C)C2)cc1. The first kappa shape index (κ1) is 16.4. The first-order valence-electron chi connectivity index (χ1n) is 8.34. The molecule has 2 atom stereocenters. The molecule has 0 aromatic heterocycles. The van der Waals surface area contributed by atoms with Crippen LogP contribution in [0.2, 0.25) is 0 Å². The summed E-state index contributed by atoms with van der Waals surface area (Å²) in [5.41, 5.74) is 1.85. The first-order chi connectivity index (χ1) is 9.85. The Hall–Kier alpha value is -1.02. The van der Waals surface area contributed by atoms with Gasteiger partial charge >= 0.3 is 0 Å². The molecule has 0 aliphatic heterocycles. The standard InChI is InChI=1S/C19H31NO/c1-14(2)13-21-18-8-6-16(7-9-18)15(3)20-17-10-11-19(4,5)12-17/h6-9,14-15,17,20H,10-13H2,1-5H3. The molecule has 2 unspecified atom stereocenters. The lowest BCUT2D eigenvalue weighted by atomic mass is 9.91. The fourth-order valence-corrected chi connectivity index (χ4v) is 3.14. The highest BCUT2D eigenvalue weighted by Gasteiger charge is 2.31. The van der Waals surface area contributed by atoms with Crippen LogP contribution in [0.4, 0.5) is 0 Å². The molecule has 0 amide bonds. The number of nitrogens with one attached hydrogen (secondary N) is 1. The molecule has 0 bridgehead atoms. The Balaban J connectivity index is 1.86. The van der Waals surface area contributed by atoms with E-state index in [0.717, 1.165) is 12.4 Å². The van der Waals surface area contributed by atoms with Gasteiger partial charge in [0.05, 0.1) is 6.61 Å². The van der Waals surface area contributed by atoms with Crippen LogP contribution in [0.15, 0.2) is 24.3 Å². The van der Waals surface area contributed by atoms with Crippen molar-refractivity contribution in [1.29, 1.82) is 0 Å². The molecule has 1 aliphatic rings. The minimum atomic E-state index is 0.406. The van der Waals surface area contributed by atoms with Crippen LogP contribution >= 0.6 is 0 Å². The maximum absolute atomic E-state index is 5.74. The average Bonchev–Trinajstić information content (AvgIpc) is 2.76. The summed E-state index contributed by atoms with van der Waals surface area (Å²) in [5.74, 6) is 1.54. The second-order valence-electron chi connectivity index (χ2n) is 7.77. The number of benzene rings is 1. The topological polar surface area (TPSA) is 21.3 Å². The van der Waals surface area contributed by atoms with Gasteiger partial charge in [-0.1, -0.05) is 39.8 Å². The highest BCUT2D eigenvalue weighted by molar-refractivity contribution is 5.29. The van der Waals surface area contributed by atoms with Gasteiger partial charge in [0.25, 0.3) is 0 Å². The van der Waals surface area contributed by atoms with Crippen molar-refractivity contribution in [3.63, 3.8) is 0 Å². The fraction of sp³-hybridized carbons (Fsp3) is 0.684. The zero-order valence-electron chi connectivity index (χ0n) is 14.3. The molecule has 1 N–H and O–H groups in total. The van der Waals surface area contributed by atoms with Crippen molar-refractivity contribution in [2.75, 3.05) is 6.61 Å². The van der Waals surface area contributed by atoms with Gasteiger partial charge < -0.3 is 10.1 Å². The van der Waals surface area contributed by atoms with Crippen LogP contribution in [-0.4, -0.2) is 12.6 Å². The van der Waals surface area contributed by atoms with Gasteiger partial charge in [-0.3, -0.25) is 0 Å². The Morgan fingerprint density at radius 3 is 2.38 bits per heavy atom. The number of hydrogen-bond acceptors (Lipinski definition) is 2. The minimum Gasteiger partial charge on any atom is -0.493 e. The lowest BCUT2D eigenvalue weighted by molar-refractivity contribution is 0.271. The maximum atomic E-state index is 5.74. The highest BCUT2D eigenvalue weighted by Crippen LogP contribution is 2.37. The lowest BCUT2D eigenvalue weighted by Crippen LogP contribution is -2.30. The predicted molar refractivity (Wildman–Crippen MR) is 89.7 cm³/mol. The Kier molecular flexibility index (Phi) is 5.32. The van der Waals surface area contributed by atoms with Crippen molar-refractivity contribution in [2.24, 2.45) is 11.3 Å². The van der Waals surface area contributed by atoms with Crippen LogP contribution in [0.1, 0.15) is 65.5 Å². The smallest absolute Gasteiger partial charge is 0.119 e. The third-order valence-corrected chi connectivity index (χ3v) is 4.42. The van der Waals surface area contributed by atoms with Crippen LogP contribution in [0.3, 0.4) is 0 Å². The normalized spacial score (nSPS) is 22.5. The number of rotatable bonds is 6. The largest absolute Gasteiger partial charge is 0.493 e. The summed E-state index contributed by atoms with van der Waals surface area (Å²) in [6, 6.07) is 9.62. The second-order valence-corrected chi connectivity index (χ2v) is 7.77. The van der Waals surface area contributed by atoms with Gasteiger partial charge in [-0.05, 0) is 55.2 Å². The summed E-state index contributed by atoms with van der Waals surface area (Å²) in [4.78, 5) is 0. The molecule has 1 aliphatic carbocycles. The molecular weight excluding hydrogens is 258 g/mol. The molecule has 2 heteroatoms. The van der Waals surface area contributed by atoms with E-state index in [0.29, 0.717) is 23.4 Å². The van der Waals surface area contributed by atoms with Crippen molar-refractivity contribution >= 4 is 0 Å². The van der Waals surface area contributed by atoms with Crippen molar-refractivity contribution in [3.8, 4) is 5.75 Å². The molecule has 21 heavy (non-hydrogen) atoms. The highest BCUT2D eigenvalue weighted by atomic mass is 16.5. The van der Waals surface area contributed by atoms with E-state index in [2.05, 4.69) is 64.2 Å². The third kappa shape index (κ3) is 5.03. The van der Waals surface area contributed by atoms with Crippen LogP contribution in [-0.2, 0) is 0 Å². The molecule has 1 aromatic carbocycles. The van der Waals surface area contributed by atoms with Crippen molar-refractivity contribution < 1.29 is 4.74 Å². The van der Waals surface area contributed by atoms with Crippen LogP contribution in [0.5, 0.6) is 5.75 Å². The van der Waals surface area contributed by atoms with Crippen LogP contribution < -0.4 is 10.1 Å². The van der Waals surface area contributed by atoms with E-state index < -0.39 is 0 Å². The molecule has 2 nitrogen and oxygen atoms in total. The van der Waals surface area contributed by atoms with Gasteiger partial charge in [-0.2, -0.15) is 0 Å². The summed E-state index contributed by atoms with van der Waals surface area (Å²) in [7, 11) is 0. The summed E-state index contributed by atoms with van der Waals surface area (Å²) >= 11 is 0. The minimum absolute atomic E-state index is 0.406. The molecule has 118 valence electrons. The predicted octanol–water partition coefficient (Wildman–Crippen LogP) is 4.95. The first-order valence-corrected chi connectivity index (χ1v) is 8.34. The Bertz CT molecular complexity index is 435. The van der Waals surface area contributed by atoms with Crippen LogP contribution in [0, 0.1) is 11.3 Å². The quantitative estimate of drug-likeness (QED) is 0.800. The van der Waals surface area contributed by atoms with Crippen molar-refractivity contribution in [1.82, 2.24) is 5.32 Å². The van der Waals surface area contributed by atoms with Gasteiger partial charge in [0.1, 0.15) is 5.75 Å². The molecule has 2 rings (SSSR count). The Labute approximate surface area is 130 Å². The fourth-order valence-electron chi connectivity index (χ4n) is 3.14. The average molecular weight is 289 g/mol. The molecular formula is C19H31NO. The monoisotopic (exact) mass is 289 g/mol. The van der Waals surface area contributed by atoms with Crippen LogP contribution in [0.25, 0.3) is 0 Å². The van der Waals surface area contributed by atoms with Gasteiger partial charge in [0, 0.05) is 12.1 Å². The summed E-state index contributed by atoms with van der Waals surface area (Å²) in [6.07, 6.45) is 3.92. The van der Waals surface area contributed by atoms with Crippen molar-refractivity contribution in [2.45, 2.75) is 66.0 Å². The second kappa shape index (κ2) is 6.83. The van der Waals surface area contributed by atoms with E-state index in [9.17, 15) is 0 Å². The maximum Gasteiger partial charge on any atom is 0.119 e. The zero-order chi connectivity index (χ0) is 15.5. The number of hydrogen-bond donors (Lipinski definition) is 1. The molecule has 0 saturated heterocycles. The number of ether oxygens (including phenoxy) is 1. The van der Waals surface area contributed by atoms with E-state index in [-0.39, 0.29) is 0 Å². The molecule has 0 heterocycles. The zero-order valence-corrected chi connectivity index (χ0v) is 14.3. The van der Waals surface area contributed by atoms with Gasteiger partial charge in [-0.25, -0.2) is 0 Å². The summed E-state index contributed by atoms with van der Waals surface area (Å²) in [6.45, 7) is 12.1. The lowest BCUT2D eigenvalue weighted by Gasteiger charge is -2.22. The molecule has 1 fully saturated rings. The van der Waals surface area contributed by atoms with E-state index in [1.165, 1.54) is 24.8 Å². The van der Waals surface area contributed by atoms with Gasteiger partial charge in [-0.15, -0.1) is 0 Å². The van der Waals surface area contributed by atoms with E-state index in [4.69, 9.17) is 4.74 Å². The summed E-state index contributed by atoms with van der Waals surface area (Å²) in [5, 5.41) is 3.78. The van der Waals surface area contributed by atoms with E-state index >= 15 is 0 Å². The summed E-state index contributed by atoms with van der Waals surface area (Å²) < 4.78 is 5.74. The molecule has 1 aromatic rings.